The number of rotatable bonds is 7. The maximum absolute atomic E-state index is 5.95. The average molecular weight is 485 g/mol. The summed E-state index contributed by atoms with van der Waals surface area (Å²) < 4.78 is 6.89. The van der Waals surface area contributed by atoms with Crippen LogP contribution < -0.4 is 4.74 Å². The van der Waals surface area contributed by atoms with E-state index < -0.39 is 0 Å². The van der Waals surface area contributed by atoms with E-state index in [1.807, 2.05) is 48.8 Å². The van der Waals surface area contributed by atoms with Crippen LogP contribution in [-0.4, -0.2) is 16.6 Å². The maximum Gasteiger partial charge on any atom is 0.128 e. The van der Waals surface area contributed by atoms with Gasteiger partial charge in [0.05, 0.1) is 18.0 Å². The number of pyridine rings is 2. The van der Waals surface area contributed by atoms with Crippen molar-refractivity contribution in [3.8, 4) is 28.3 Å². The molecule has 0 atom stereocenters. The molecule has 4 aromatic rings. The monoisotopic (exact) mass is 484 g/mol. The van der Waals surface area contributed by atoms with Crippen LogP contribution in [0.2, 0.25) is 0 Å². The van der Waals surface area contributed by atoms with E-state index in [0.717, 1.165) is 55.8 Å². The molecule has 32 heavy (non-hydrogen) atoms. The predicted molar refractivity (Wildman–Crippen MR) is 136 cm³/mol. The van der Waals surface area contributed by atoms with Crippen molar-refractivity contribution < 1.29 is 4.74 Å². The summed E-state index contributed by atoms with van der Waals surface area (Å²) in [5.74, 6) is 0.867. The zero-order chi connectivity index (χ0) is 22.3. The summed E-state index contributed by atoms with van der Waals surface area (Å²) >= 11 is 3.55. The Morgan fingerprint density at radius 3 is 2.41 bits per heavy atom. The van der Waals surface area contributed by atoms with Crippen LogP contribution in [-0.2, 0) is 0 Å². The Morgan fingerprint density at radius 1 is 0.875 bits per heavy atom. The van der Waals surface area contributed by atoms with Crippen LogP contribution in [0.25, 0.3) is 34.7 Å². The minimum Gasteiger partial charge on any atom is -0.493 e. The SMILES string of the molecule is CCCOc1ccccc1-c1ncc(-c2ncc(Br)cc2C=Cc2ccccc2)cc1C. The highest BCUT2D eigenvalue weighted by Gasteiger charge is 2.13. The second-order valence-corrected chi connectivity index (χ2v) is 8.49. The number of nitrogens with zero attached hydrogens (tertiary/aromatic N) is 2. The summed E-state index contributed by atoms with van der Waals surface area (Å²) in [6.07, 6.45) is 8.89. The van der Waals surface area contributed by atoms with Gasteiger partial charge in [0.2, 0.25) is 0 Å². The lowest BCUT2D eigenvalue weighted by Gasteiger charge is -2.13. The van der Waals surface area contributed by atoms with Gasteiger partial charge in [-0.1, -0.05) is 61.5 Å². The number of hydrogen-bond acceptors (Lipinski definition) is 3. The molecule has 0 fully saturated rings. The molecule has 160 valence electrons. The van der Waals surface area contributed by atoms with Crippen molar-refractivity contribution in [3.05, 3.63) is 100 Å². The maximum atomic E-state index is 5.95. The molecule has 0 amide bonds. The van der Waals surface area contributed by atoms with Crippen LogP contribution >= 0.6 is 15.9 Å². The molecule has 3 nitrogen and oxygen atoms in total. The van der Waals surface area contributed by atoms with E-state index in [1.165, 1.54) is 0 Å². The molecule has 0 spiro atoms. The summed E-state index contributed by atoms with van der Waals surface area (Å²) in [7, 11) is 0. The van der Waals surface area contributed by atoms with Crippen LogP contribution in [0.4, 0.5) is 0 Å². The quantitative estimate of drug-likeness (QED) is 0.268. The lowest BCUT2D eigenvalue weighted by Crippen LogP contribution is -1.99. The Kier molecular flexibility index (Phi) is 7.13. The Balaban J connectivity index is 1.71. The third kappa shape index (κ3) is 5.14. The molecule has 0 saturated heterocycles. The third-order valence-electron chi connectivity index (χ3n) is 5.09. The zero-order valence-electron chi connectivity index (χ0n) is 18.3. The summed E-state index contributed by atoms with van der Waals surface area (Å²) in [6, 6.07) is 22.6. The minimum atomic E-state index is 0.689. The van der Waals surface area contributed by atoms with Crippen molar-refractivity contribution in [3.63, 3.8) is 0 Å². The molecule has 2 aromatic carbocycles. The summed E-state index contributed by atoms with van der Waals surface area (Å²) in [4.78, 5) is 9.52. The standard InChI is InChI=1S/C28H25BrN2O/c1-3-15-32-26-12-8-7-11-25(26)27-20(2)16-23(18-30-27)28-22(17-24(29)19-31-28)14-13-21-9-5-4-6-10-21/h4-14,16-19H,3,15H2,1-2H3. The largest absolute Gasteiger partial charge is 0.493 e. The molecular weight excluding hydrogens is 460 g/mol. The molecule has 2 heterocycles. The van der Waals surface area contributed by atoms with E-state index in [0.29, 0.717) is 6.61 Å². The summed E-state index contributed by atoms with van der Waals surface area (Å²) in [5, 5.41) is 0. The Labute approximate surface area is 198 Å². The van der Waals surface area contributed by atoms with Crippen LogP contribution in [0.15, 0.2) is 83.6 Å². The molecular formula is C28H25BrN2O. The molecule has 0 saturated carbocycles. The van der Waals surface area contributed by atoms with Gasteiger partial charge in [-0.05, 0) is 64.7 Å². The van der Waals surface area contributed by atoms with Gasteiger partial charge in [-0.2, -0.15) is 0 Å². The van der Waals surface area contributed by atoms with Crippen molar-refractivity contribution in [2.75, 3.05) is 6.61 Å². The first kappa shape index (κ1) is 22.0. The highest BCUT2D eigenvalue weighted by Crippen LogP contribution is 2.33. The molecule has 4 rings (SSSR count). The molecule has 0 radical (unpaired) electrons. The molecule has 0 aliphatic heterocycles. The van der Waals surface area contributed by atoms with Crippen molar-refractivity contribution in [1.82, 2.24) is 9.97 Å². The summed E-state index contributed by atoms with van der Waals surface area (Å²) in [6.45, 7) is 4.88. The molecule has 0 aliphatic rings. The first-order valence-electron chi connectivity index (χ1n) is 10.7. The normalized spacial score (nSPS) is 11.1. The average Bonchev–Trinajstić information content (AvgIpc) is 2.82. The van der Waals surface area contributed by atoms with E-state index in [-0.39, 0.29) is 0 Å². The number of benzene rings is 2. The molecule has 4 heteroatoms. The smallest absolute Gasteiger partial charge is 0.128 e. The Morgan fingerprint density at radius 2 is 1.62 bits per heavy atom. The van der Waals surface area contributed by atoms with Crippen LogP contribution in [0.5, 0.6) is 5.75 Å². The fraction of sp³-hybridized carbons (Fsp3) is 0.143. The number of halogens is 1. The van der Waals surface area contributed by atoms with E-state index in [4.69, 9.17) is 14.7 Å². The predicted octanol–water partition coefficient (Wildman–Crippen LogP) is 7.84. The molecule has 0 unspecified atom stereocenters. The molecule has 2 aromatic heterocycles. The number of aromatic nitrogens is 2. The van der Waals surface area contributed by atoms with Gasteiger partial charge in [-0.15, -0.1) is 0 Å². The second-order valence-electron chi connectivity index (χ2n) is 7.57. The molecule has 0 bridgehead atoms. The van der Waals surface area contributed by atoms with Crippen molar-refractivity contribution >= 4 is 28.1 Å². The molecule has 0 N–H and O–H groups in total. The zero-order valence-corrected chi connectivity index (χ0v) is 19.8. The number of aryl methyl sites for hydroxylation is 1. The Hall–Kier alpha value is -3.24. The van der Waals surface area contributed by atoms with Gasteiger partial charge in [-0.25, -0.2) is 0 Å². The van der Waals surface area contributed by atoms with E-state index >= 15 is 0 Å². The van der Waals surface area contributed by atoms with E-state index in [1.54, 1.807) is 0 Å². The topological polar surface area (TPSA) is 35.0 Å². The minimum absolute atomic E-state index is 0.689. The number of ether oxygens (including phenoxy) is 1. The first-order valence-corrected chi connectivity index (χ1v) is 11.5. The lowest BCUT2D eigenvalue weighted by molar-refractivity contribution is 0.318. The highest BCUT2D eigenvalue weighted by atomic mass is 79.9. The van der Waals surface area contributed by atoms with Gasteiger partial charge in [-0.3, -0.25) is 9.97 Å². The number of hydrogen-bond donors (Lipinski definition) is 0. The van der Waals surface area contributed by atoms with E-state index in [2.05, 4.69) is 72.3 Å². The van der Waals surface area contributed by atoms with Crippen LogP contribution in [0.1, 0.15) is 30.0 Å². The van der Waals surface area contributed by atoms with Gasteiger partial charge >= 0.3 is 0 Å². The highest BCUT2D eigenvalue weighted by molar-refractivity contribution is 9.10. The van der Waals surface area contributed by atoms with Gasteiger partial charge in [0.1, 0.15) is 5.75 Å². The number of para-hydroxylation sites is 1. The van der Waals surface area contributed by atoms with Crippen molar-refractivity contribution in [1.29, 1.82) is 0 Å². The van der Waals surface area contributed by atoms with Gasteiger partial charge in [0, 0.05) is 33.6 Å². The van der Waals surface area contributed by atoms with Crippen molar-refractivity contribution in [2.45, 2.75) is 20.3 Å². The van der Waals surface area contributed by atoms with Crippen LogP contribution in [0, 0.1) is 6.92 Å². The van der Waals surface area contributed by atoms with Gasteiger partial charge in [0.25, 0.3) is 0 Å². The molecule has 0 aliphatic carbocycles. The fourth-order valence-corrected chi connectivity index (χ4v) is 3.91. The van der Waals surface area contributed by atoms with Crippen molar-refractivity contribution in [2.24, 2.45) is 0 Å². The first-order chi connectivity index (χ1) is 15.7. The fourth-order valence-electron chi connectivity index (χ4n) is 3.56. The summed E-state index contributed by atoms with van der Waals surface area (Å²) in [5.41, 5.74) is 7.08. The third-order valence-corrected chi connectivity index (χ3v) is 5.53. The lowest BCUT2D eigenvalue weighted by atomic mass is 10.0. The van der Waals surface area contributed by atoms with Gasteiger partial charge < -0.3 is 4.74 Å². The Bertz CT molecular complexity index is 1240. The van der Waals surface area contributed by atoms with Gasteiger partial charge in [0.15, 0.2) is 0 Å². The van der Waals surface area contributed by atoms with Crippen LogP contribution in [0.3, 0.4) is 0 Å². The second kappa shape index (κ2) is 10.4. The van der Waals surface area contributed by atoms with E-state index in [9.17, 15) is 0 Å².